The van der Waals surface area contributed by atoms with Gasteiger partial charge in [-0.2, -0.15) is 0 Å². The van der Waals surface area contributed by atoms with Crippen molar-refractivity contribution in [2.45, 2.75) is 71.3 Å². The van der Waals surface area contributed by atoms with Crippen LogP contribution in [0, 0.1) is 0 Å². The molecule has 0 aliphatic heterocycles. The Hall–Kier alpha value is -0.120. The smallest absolute Gasteiger partial charge is 0.0958 e. The molecule has 0 saturated heterocycles. The van der Waals surface area contributed by atoms with Gasteiger partial charge in [-0.25, -0.2) is 10.1 Å². The van der Waals surface area contributed by atoms with Crippen LogP contribution in [-0.2, 0) is 9.93 Å². The highest BCUT2D eigenvalue weighted by molar-refractivity contribution is 4.54. The van der Waals surface area contributed by atoms with Crippen LogP contribution in [0.5, 0.6) is 0 Å². The van der Waals surface area contributed by atoms with E-state index in [4.69, 9.17) is 5.26 Å². The molecule has 0 aliphatic rings. The Balaban J connectivity index is 3.15. The zero-order chi connectivity index (χ0) is 10.6. The third-order valence-corrected chi connectivity index (χ3v) is 2.51. The van der Waals surface area contributed by atoms with Crippen molar-refractivity contribution in [3.05, 3.63) is 0 Å². The molecule has 0 spiro atoms. The Morgan fingerprint density at radius 1 is 1.00 bits per heavy atom. The van der Waals surface area contributed by atoms with Crippen LogP contribution in [0.25, 0.3) is 0 Å². The van der Waals surface area contributed by atoms with Crippen LogP contribution in [0.2, 0.25) is 0 Å². The highest BCUT2D eigenvalue weighted by Crippen LogP contribution is 2.12. The fourth-order valence-corrected chi connectivity index (χ4v) is 1.53. The SMILES string of the molecule is CCCCCCCCC(CC)OOO. The Bertz CT molecular complexity index is 107. The number of hydrogen-bond donors (Lipinski definition) is 1. The first-order chi connectivity index (χ1) is 6.85. The normalized spacial score (nSPS) is 13.1. The molecule has 0 aromatic heterocycles. The lowest BCUT2D eigenvalue weighted by atomic mass is 10.1. The molecule has 0 fully saturated rings. The predicted octanol–water partition coefficient (Wildman–Crippen LogP) is 3.94. The van der Waals surface area contributed by atoms with E-state index in [9.17, 15) is 0 Å². The highest BCUT2D eigenvalue weighted by atomic mass is 17.5. The van der Waals surface area contributed by atoms with E-state index in [1.807, 2.05) is 6.92 Å². The summed E-state index contributed by atoms with van der Waals surface area (Å²) in [4.78, 5) is 4.67. The van der Waals surface area contributed by atoms with Crippen LogP contribution < -0.4 is 0 Å². The summed E-state index contributed by atoms with van der Waals surface area (Å²) in [6.45, 7) is 4.25. The van der Waals surface area contributed by atoms with Gasteiger partial charge in [0.25, 0.3) is 0 Å². The van der Waals surface area contributed by atoms with Crippen LogP contribution in [-0.4, -0.2) is 11.4 Å². The molecule has 0 bridgehead atoms. The second kappa shape index (κ2) is 11.0. The van der Waals surface area contributed by atoms with Gasteiger partial charge < -0.3 is 0 Å². The standard InChI is InChI=1S/C11H24O3/c1-3-5-6-7-8-9-10-11(4-2)13-14-12/h11-12H,3-10H2,1-2H3. The zero-order valence-electron chi connectivity index (χ0n) is 9.50. The second-order valence-corrected chi connectivity index (χ2v) is 3.76. The van der Waals surface area contributed by atoms with Gasteiger partial charge in [-0.05, 0) is 12.8 Å². The van der Waals surface area contributed by atoms with Gasteiger partial charge in [-0.1, -0.05) is 57.4 Å². The van der Waals surface area contributed by atoms with E-state index in [0.717, 1.165) is 19.3 Å². The van der Waals surface area contributed by atoms with E-state index >= 15 is 0 Å². The summed E-state index contributed by atoms with van der Waals surface area (Å²) < 4.78 is 0. The van der Waals surface area contributed by atoms with Crippen molar-refractivity contribution >= 4 is 0 Å². The largest absolute Gasteiger partial charge is 0.221 e. The lowest BCUT2D eigenvalue weighted by molar-refractivity contribution is -0.506. The van der Waals surface area contributed by atoms with Crippen molar-refractivity contribution in [1.82, 2.24) is 0 Å². The summed E-state index contributed by atoms with van der Waals surface area (Å²) in [5.74, 6) is 0. The fraction of sp³-hybridized carbons (Fsp3) is 1.00. The molecule has 0 radical (unpaired) electrons. The fourth-order valence-electron chi connectivity index (χ4n) is 1.53. The molecule has 1 unspecified atom stereocenters. The molecule has 0 aromatic rings. The molecule has 0 saturated carbocycles. The topological polar surface area (TPSA) is 38.7 Å². The first-order valence-electron chi connectivity index (χ1n) is 5.82. The van der Waals surface area contributed by atoms with E-state index < -0.39 is 0 Å². The third-order valence-electron chi connectivity index (χ3n) is 2.51. The highest BCUT2D eigenvalue weighted by Gasteiger charge is 2.06. The molecular weight excluding hydrogens is 180 g/mol. The number of rotatable bonds is 10. The van der Waals surface area contributed by atoms with Gasteiger partial charge in [0.2, 0.25) is 0 Å². The van der Waals surface area contributed by atoms with Gasteiger partial charge in [0.05, 0.1) is 6.10 Å². The molecule has 86 valence electrons. The summed E-state index contributed by atoms with van der Waals surface area (Å²) in [5, 5.41) is 11.8. The molecular formula is C11H24O3. The number of unbranched alkanes of at least 4 members (excludes halogenated alkanes) is 5. The van der Waals surface area contributed by atoms with Gasteiger partial charge in [-0.15, -0.1) is 0 Å². The zero-order valence-corrected chi connectivity index (χ0v) is 9.50. The van der Waals surface area contributed by atoms with Gasteiger partial charge in [-0.3, -0.25) is 0 Å². The van der Waals surface area contributed by atoms with Crippen LogP contribution >= 0.6 is 0 Å². The molecule has 3 nitrogen and oxygen atoms in total. The number of hydrogen-bond acceptors (Lipinski definition) is 3. The van der Waals surface area contributed by atoms with Crippen LogP contribution in [0.3, 0.4) is 0 Å². The third kappa shape index (κ3) is 8.48. The summed E-state index contributed by atoms with van der Waals surface area (Å²) in [7, 11) is 0. The molecule has 3 heteroatoms. The lowest BCUT2D eigenvalue weighted by Crippen LogP contribution is -2.10. The second-order valence-electron chi connectivity index (χ2n) is 3.76. The van der Waals surface area contributed by atoms with E-state index in [1.54, 1.807) is 0 Å². The predicted molar refractivity (Wildman–Crippen MR) is 56.9 cm³/mol. The summed E-state index contributed by atoms with van der Waals surface area (Å²) >= 11 is 0. The minimum Gasteiger partial charge on any atom is -0.221 e. The molecule has 0 heterocycles. The van der Waals surface area contributed by atoms with Gasteiger partial charge in [0.1, 0.15) is 0 Å². The van der Waals surface area contributed by atoms with Crippen LogP contribution in [0.1, 0.15) is 65.2 Å². The van der Waals surface area contributed by atoms with Crippen molar-refractivity contribution < 1.29 is 15.2 Å². The minimum atomic E-state index is 0.0474. The van der Waals surface area contributed by atoms with Gasteiger partial charge >= 0.3 is 0 Å². The quantitative estimate of drug-likeness (QED) is 0.333. The summed E-state index contributed by atoms with van der Waals surface area (Å²) in [5.41, 5.74) is 0. The molecule has 1 atom stereocenters. The maximum absolute atomic E-state index is 8.12. The van der Waals surface area contributed by atoms with E-state index in [0.29, 0.717) is 0 Å². The van der Waals surface area contributed by atoms with E-state index in [-0.39, 0.29) is 6.10 Å². The molecule has 14 heavy (non-hydrogen) atoms. The van der Waals surface area contributed by atoms with Gasteiger partial charge in [0, 0.05) is 0 Å². The average Bonchev–Trinajstić information content (AvgIpc) is 2.21. The Morgan fingerprint density at radius 3 is 2.21 bits per heavy atom. The Kier molecular flexibility index (Phi) is 10.9. The minimum absolute atomic E-state index is 0.0474. The molecule has 0 amide bonds. The first kappa shape index (κ1) is 13.9. The summed E-state index contributed by atoms with van der Waals surface area (Å²) in [6.07, 6.45) is 9.60. The van der Waals surface area contributed by atoms with E-state index in [1.165, 1.54) is 32.1 Å². The van der Waals surface area contributed by atoms with Crippen molar-refractivity contribution in [2.75, 3.05) is 0 Å². The maximum Gasteiger partial charge on any atom is 0.0958 e. The van der Waals surface area contributed by atoms with Crippen molar-refractivity contribution in [1.29, 1.82) is 0 Å². The molecule has 1 N–H and O–H groups in total. The van der Waals surface area contributed by atoms with Crippen molar-refractivity contribution in [3.8, 4) is 0 Å². The summed E-state index contributed by atoms with van der Waals surface area (Å²) in [6, 6.07) is 0. The monoisotopic (exact) mass is 204 g/mol. The van der Waals surface area contributed by atoms with Crippen molar-refractivity contribution in [3.63, 3.8) is 0 Å². The van der Waals surface area contributed by atoms with Crippen LogP contribution in [0.15, 0.2) is 0 Å². The maximum atomic E-state index is 8.12. The van der Waals surface area contributed by atoms with E-state index in [2.05, 4.69) is 16.8 Å². The molecule has 0 rings (SSSR count). The Morgan fingerprint density at radius 2 is 1.64 bits per heavy atom. The first-order valence-corrected chi connectivity index (χ1v) is 5.82. The lowest BCUT2D eigenvalue weighted by Gasteiger charge is -2.11. The van der Waals surface area contributed by atoms with Crippen molar-refractivity contribution in [2.24, 2.45) is 0 Å². The molecule has 0 aromatic carbocycles. The van der Waals surface area contributed by atoms with Crippen LogP contribution in [0.4, 0.5) is 0 Å². The Labute approximate surface area is 87.3 Å². The van der Waals surface area contributed by atoms with Gasteiger partial charge in [0.15, 0.2) is 0 Å². The average molecular weight is 204 g/mol. The molecule has 0 aliphatic carbocycles.